The van der Waals surface area contributed by atoms with Gasteiger partial charge in [0, 0.05) is 19.8 Å². The third-order valence-electron chi connectivity index (χ3n) is 3.55. The maximum atomic E-state index is 12.1. The van der Waals surface area contributed by atoms with Crippen molar-refractivity contribution in [3.8, 4) is 0 Å². The predicted molar refractivity (Wildman–Crippen MR) is 74.0 cm³/mol. The zero-order valence-electron chi connectivity index (χ0n) is 12.3. The number of ether oxygens (including phenoxy) is 2. The van der Waals surface area contributed by atoms with Gasteiger partial charge in [0.1, 0.15) is 0 Å². The molecule has 4 nitrogen and oxygen atoms in total. The molecule has 20 heavy (non-hydrogen) atoms. The van der Waals surface area contributed by atoms with Gasteiger partial charge in [-0.25, -0.2) is 0 Å². The zero-order chi connectivity index (χ0) is 14.9. The molecule has 1 aliphatic heterocycles. The molecule has 1 unspecified atom stereocenters. The molecule has 0 saturated carbocycles. The molecule has 0 aromatic heterocycles. The Morgan fingerprint density at radius 2 is 1.60 bits per heavy atom. The molecule has 1 aromatic rings. The molecule has 1 heterocycles. The molecule has 4 heteroatoms. The van der Waals surface area contributed by atoms with Crippen molar-refractivity contribution >= 4 is 11.9 Å². The summed E-state index contributed by atoms with van der Waals surface area (Å²) in [6.07, 6.45) is 0.665. The van der Waals surface area contributed by atoms with Crippen molar-refractivity contribution in [2.75, 3.05) is 0 Å². The second-order valence-corrected chi connectivity index (χ2v) is 5.65. The first kappa shape index (κ1) is 14.6. The number of esters is 2. The minimum absolute atomic E-state index is 0.216. The molecule has 0 N–H and O–H groups in total. The van der Waals surface area contributed by atoms with Crippen molar-refractivity contribution in [3.63, 3.8) is 0 Å². The quantitative estimate of drug-likeness (QED) is 0.629. The molecule has 0 spiro atoms. The lowest BCUT2D eigenvalue weighted by Gasteiger charge is -2.35. The number of benzene rings is 1. The number of cyclic esters (lactones) is 2. The lowest BCUT2D eigenvalue weighted by atomic mass is 9.83. The van der Waals surface area contributed by atoms with E-state index in [1.807, 2.05) is 38.1 Å². The van der Waals surface area contributed by atoms with Gasteiger partial charge in [-0.3, -0.25) is 9.59 Å². The van der Waals surface area contributed by atoms with Crippen LogP contribution in [0.3, 0.4) is 0 Å². The Kier molecular flexibility index (Phi) is 3.84. The third kappa shape index (κ3) is 2.84. The van der Waals surface area contributed by atoms with E-state index in [0.717, 1.165) is 11.1 Å². The fourth-order valence-corrected chi connectivity index (χ4v) is 2.53. The number of hydrogen-bond acceptors (Lipinski definition) is 4. The SMILES string of the molecule is CCC(c1ccc(C)cc1)C1C(=O)OC(C)(C)OC1=O. The van der Waals surface area contributed by atoms with Gasteiger partial charge in [0.25, 0.3) is 5.79 Å². The number of aryl methyl sites for hydroxylation is 1. The van der Waals surface area contributed by atoms with Gasteiger partial charge in [-0.2, -0.15) is 0 Å². The molecule has 1 saturated heterocycles. The molecule has 0 aliphatic carbocycles. The van der Waals surface area contributed by atoms with E-state index in [0.29, 0.717) is 6.42 Å². The highest BCUT2D eigenvalue weighted by atomic mass is 16.7. The second kappa shape index (κ2) is 5.27. The minimum Gasteiger partial charge on any atom is -0.422 e. The Labute approximate surface area is 119 Å². The summed E-state index contributed by atoms with van der Waals surface area (Å²) in [4.78, 5) is 24.3. The summed E-state index contributed by atoms with van der Waals surface area (Å²) < 4.78 is 10.4. The number of carbonyl (C=O) groups excluding carboxylic acids is 2. The van der Waals surface area contributed by atoms with Crippen LogP contribution in [0.5, 0.6) is 0 Å². The van der Waals surface area contributed by atoms with Gasteiger partial charge in [-0.15, -0.1) is 0 Å². The molecule has 1 aromatic carbocycles. The Bertz CT molecular complexity index is 496. The molecule has 1 fully saturated rings. The van der Waals surface area contributed by atoms with E-state index in [1.54, 1.807) is 13.8 Å². The summed E-state index contributed by atoms with van der Waals surface area (Å²) >= 11 is 0. The fraction of sp³-hybridized carbons (Fsp3) is 0.500. The summed E-state index contributed by atoms with van der Waals surface area (Å²) in [5.41, 5.74) is 2.09. The van der Waals surface area contributed by atoms with E-state index in [9.17, 15) is 9.59 Å². The van der Waals surface area contributed by atoms with E-state index in [2.05, 4.69) is 0 Å². The van der Waals surface area contributed by atoms with Crippen LogP contribution in [0, 0.1) is 12.8 Å². The van der Waals surface area contributed by atoms with E-state index in [4.69, 9.17) is 9.47 Å². The highest BCUT2D eigenvalue weighted by molar-refractivity contribution is 5.97. The standard InChI is InChI=1S/C16H20O4/c1-5-12(11-8-6-10(2)7-9-11)13-14(17)19-16(3,4)20-15(13)18/h6-9,12-13H,5H2,1-4H3. The van der Waals surface area contributed by atoms with E-state index in [-0.39, 0.29) is 5.92 Å². The topological polar surface area (TPSA) is 52.6 Å². The Hall–Kier alpha value is -1.84. The number of hydrogen-bond donors (Lipinski definition) is 0. The molecular weight excluding hydrogens is 256 g/mol. The van der Waals surface area contributed by atoms with E-state index < -0.39 is 23.6 Å². The zero-order valence-corrected chi connectivity index (χ0v) is 12.3. The average molecular weight is 276 g/mol. The normalized spacial score (nSPS) is 20.2. The highest BCUT2D eigenvalue weighted by Gasteiger charge is 2.46. The van der Waals surface area contributed by atoms with Crippen molar-refractivity contribution < 1.29 is 19.1 Å². The third-order valence-corrected chi connectivity index (χ3v) is 3.55. The van der Waals surface area contributed by atoms with Gasteiger partial charge >= 0.3 is 11.9 Å². The molecule has 0 bridgehead atoms. The largest absolute Gasteiger partial charge is 0.422 e. The van der Waals surface area contributed by atoms with Gasteiger partial charge in [-0.05, 0) is 18.9 Å². The smallest absolute Gasteiger partial charge is 0.324 e. The van der Waals surface area contributed by atoms with Gasteiger partial charge < -0.3 is 9.47 Å². The maximum absolute atomic E-state index is 12.1. The number of carbonyl (C=O) groups is 2. The first-order chi connectivity index (χ1) is 9.34. The monoisotopic (exact) mass is 276 g/mol. The van der Waals surface area contributed by atoms with Gasteiger partial charge in [0.05, 0.1) is 0 Å². The van der Waals surface area contributed by atoms with Crippen molar-refractivity contribution in [1.29, 1.82) is 0 Å². The van der Waals surface area contributed by atoms with Crippen LogP contribution in [0.4, 0.5) is 0 Å². The molecular formula is C16H20O4. The van der Waals surface area contributed by atoms with Crippen LogP contribution < -0.4 is 0 Å². The molecule has 2 rings (SSSR count). The van der Waals surface area contributed by atoms with Gasteiger partial charge in [0.15, 0.2) is 5.92 Å². The molecule has 0 amide bonds. The van der Waals surface area contributed by atoms with Crippen LogP contribution in [-0.4, -0.2) is 17.7 Å². The Morgan fingerprint density at radius 1 is 1.10 bits per heavy atom. The van der Waals surface area contributed by atoms with Crippen molar-refractivity contribution in [2.45, 2.75) is 45.8 Å². The molecule has 0 radical (unpaired) electrons. The minimum atomic E-state index is -1.17. The van der Waals surface area contributed by atoms with Crippen LogP contribution in [0.25, 0.3) is 0 Å². The van der Waals surface area contributed by atoms with Crippen molar-refractivity contribution in [1.82, 2.24) is 0 Å². The van der Waals surface area contributed by atoms with Crippen molar-refractivity contribution in [3.05, 3.63) is 35.4 Å². The number of rotatable bonds is 3. The second-order valence-electron chi connectivity index (χ2n) is 5.65. The van der Waals surface area contributed by atoms with Gasteiger partial charge in [-0.1, -0.05) is 36.8 Å². The van der Waals surface area contributed by atoms with Crippen LogP contribution >= 0.6 is 0 Å². The fourth-order valence-electron chi connectivity index (χ4n) is 2.53. The Morgan fingerprint density at radius 3 is 2.05 bits per heavy atom. The molecule has 108 valence electrons. The van der Waals surface area contributed by atoms with Crippen molar-refractivity contribution in [2.24, 2.45) is 5.92 Å². The summed E-state index contributed by atoms with van der Waals surface area (Å²) in [7, 11) is 0. The predicted octanol–water partition coefficient (Wildman–Crippen LogP) is 2.94. The molecule has 1 atom stereocenters. The maximum Gasteiger partial charge on any atom is 0.324 e. The summed E-state index contributed by atoms with van der Waals surface area (Å²) in [5.74, 6) is -3.27. The van der Waals surface area contributed by atoms with E-state index >= 15 is 0 Å². The Balaban J connectivity index is 2.30. The lowest BCUT2D eigenvalue weighted by molar-refractivity contribution is -0.241. The van der Waals surface area contributed by atoms with Crippen LogP contribution in [0.15, 0.2) is 24.3 Å². The highest BCUT2D eigenvalue weighted by Crippen LogP contribution is 2.35. The summed E-state index contributed by atoms with van der Waals surface area (Å²) in [6.45, 7) is 7.07. The van der Waals surface area contributed by atoms with Crippen LogP contribution in [0.2, 0.25) is 0 Å². The average Bonchev–Trinajstić information content (AvgIpc) is 2.34. The lowest BCUT2D eigenvalue weighted by Crippen LogP contribution is -2.48. The molecule has 1 aliphatic rings. The summed E-state index contributed by atoms with van der Waals surface area (Å²) in [5, 5.41) is 0. The first-order valence-electron chi connectivity index (χ1n) is 6.86. The van der Waals surface area contributed by atoms with E-state index in [1.165, 1.54) is 0 Å². The van der Waals surface area contributed by atoms with Crippen LogP contribution in [0.1, 0.15) is 44.2 Å². The first-order valence-corrected chi connectivity index (χ1v) is 6.86. The van der Waals surface area contributed by atoms with Gasteiger partial charge in [0.2, 0.25) is 0 Å². The summed E-state index contributed by atoms with van der Waals surface area (Å²) in [6, 6.07) is 7.84. The van der Waals surface area contributed by atoms with Crippen LogP contribution in [-0.2, 0) is 19.1 Å².